The quantitative estimate of drug-likeness (QED) is 0.127. The number of benzene rings is 15. The fourth-order valence-electron chi connectivity index (χ4n) is 16.4. The molecule has 17 aromatic rings. The van der Waals surface area contributed by atoms with E-state index in [2.05, 4.69) is 392 Å². The summed E-state index contributed by atoms with van der Waals surface area (Å²) in [5.74, 6) is 0. The summed E-state index contributed by atoms with van der Waals surface area (Å²) in [6.07, 6.45) is 0. The van der Waals surface area contributed by atoms with E-state index in [0.717, 1.165) is 101 Å². The van der Waals surface area contributed by atoms with Crippen molar-refractivity contribution in [3.8, 4) is 78.1 Å². The van der Waals surface area contributed by atoms with Gasteiger partial charge in [-0.15, -0.1) is 0 Å². The highest BCUT2D eigenvalue weighted by Gasteiger charge is 2.46. The normalized spacial score (nSPS) is 12.5. The number of hydrogen-bond acceptors (Lipinski definition) is 2. The Hall–Kier alpha value is -12.4. The highest BCUT2D eigenvalue weighted by molar-refractivity contribution is 7.00. The van der Waals surface area contributed by atoms with Crippen LogP contribution in [0.15, 0.2) is 352 Å². The molecule has 0 saturated heterocycles. The summed E-state index contributed by atoms with van der Waals surface area (Å²) >= 11 is 0. The first kappa shape index (κ1) is 58.0. The van der Waals surface area contributed by atoms with Crippen LogP contribution in [0.3, 0.4) is 0 Å². The minimum absolute atomic E-state index is 0.218. The molecule has 2 aromatic heterocycles. The van der Waals surface area contributed by atoms with Crippen LogP contribution in [0.25, 0.3) is 122 Å². The van der Waals surface area contributed by atoms with E-state index >= 15 is 0 Å². The molecule has 2 aliphatic heterocycles. The summed E-state index contributed by atoms with van der Waals surface area (Å²) in [5.41, 5.74) is 32.3. The van der Waals surface area contributed by atoms with E-state index in [1.165, 1.54) is 76.7 Å². The monoisotopic (exact) mass is 1260 g/mol. The molecule has 0 atom stereocenters. The van der Waals surface area contributed by atoms with Crippen LogP contribution in [0, 0.1) is 0 Å². The van der Waals surface area contributed by atoms with E-state index in [4.69, 9.17) is 0 Å². The molecule has 99 heavy (non-hydrogen) atoms. The minimum atomic E-state index is -0.309. The van der Waals surface area contributed by atoms with Crippen LogP contribution in [0.2, 0.25) is 0 Å². The summed E-state index contributed by atoms with van der Waals surface area (Å²) < 4.78 is 4.87. The first-order valence-electron chi connectivity index (χ1n) is 34.5. The van der Waals surface area contributed by atoms with Gasteiger partial charge in [0.15, 0.2) is 0 Å². The number of aromatic nitrogens is 2. The average molecular weight is 1260 g/mol. The Balaban J connectivity index is 0.961. The summed E-state index contributed by atoms with van der Waals surface area (Å²) in [5, 5.41) is 4.89. The van der Waals surface area contributed by atoms with Crippen molar-refractivity contribution in [3.05, 3.63) is 357 Å². The molecular weight excluding hydrogens is 1200 g/mol. The molecule has 15 aromatic carbocycles. The molecule has 0 amide bonds. The van der Waals surface area contributed by atoms with Crippen molar-refractivity contribution in [2.45, 2.75) is 26.2 Å². The van der Waals surface area contributed by atoms with Gasteiger partial charge in [0.25, 0.3) is 6.71 Å². The predicted octanol–water partition coefficient (Wildman–Crippen LogP) is 23.3. The number of fused-ring (bicyclic) bond motifs is 10. The zero-order chi connectivity index (χ0) is 65.9. The van der Waals surface area contributed by atoms with Crippen LogP contribution in [0.5, 0.6) is 0 Å². The van der Waals surface area contributed by atoms with Crippen LogP contribution in [0.4, 0.5) is 34.1 Å². The standard InChI is InChI=1S/C94H67BN4/c1-94(2,3)68-60-87-91-88(61-68)99(93-75(64-34-14-6-15-35-64)48-27-49-76(93)65-36-16-7-17-37-65)86-59-67(72-45-29-53-84-90(72)78-43-23-25-51-82(78)97(84)70-40-20-9-21-41-70)55-57-80(86)95(91)79-56-54-66(71-44-28-52-83-89(71)77-42-22-24-50-81(77)96(83)69-38-18-8-19-39-69)58-85(79)98(87)92-73(62-30-10-4-11-31-62)46-26-47-74(92)63-32-12-5-13-33-63/h4-61H,1-3H3. The maximum Gasteiger partial charge on any atom is 0.252 e. The van der Waals surface area contributed by atoms with Crippen molar-refractivity contribution < 1.29 is 0 Å². The van der Waals surface area contributed by atoms with E-state index in [1.54, 1.807) is 0 Å². The van der Waals surface area contributed by atoms with Crippen molar-refractivity contribution in [1.29, 1.82) is 0 Å². The lowest BCUT2D eigenvalue weighted by atomic mass is 9.33. The molecule has 0 unspecified atom stereocenters. The third-order valence-corrected chi connectivity index (χ3v) is 20.8. The third-order valence-electron chi connectivity index (χ3n) is 20.8. The molecule has 466 valence electrons. The molecular formula is C94H67BN4. The van der Waals surface area contributed by atoms with Gasteiger partial charge in [-0.05, 0) is 145 Å². The Kier molecular flexibility index (Phi) is 13.6. The van der Waals surface area contributed by atoms with Crippen LogP contribution < -0.4 is 26.2 Å². The Morgan fingerprint density at radius 1 is 0.253 bits per heavy atom. The first-order valence-corrected chi connectivity index (χ1v) is 34.5. The summed E-state index contributed by atoms with van der Waals surface area (Å²) in [6, 6.07) is 131. The molecule has 5 heteroatoms. The second-order valence-corrected chi connectivity index (χ2v) is 27.5. The second-order valence-electron chi connectivity index (χ2n) is 27.5. The van der Waals surface area contributed by atoms with Gasteiger partial charge in [0.05, 0.1) is 33.4 Å². The Labute approximate surface area is 577 Å². The molecule has 2 aliphatic rings. The molecule has 0 aliphatic carbocycles. The highest BCUT2D eigenvalue weighted by atomic mass is 15.2. The van der Waals surface area contributed by atoms with Gasteiger partial charge in [-0.25, -0.2) is 0 Å². The van der Waals surface area contributed by atoms with Crippen molar-refractivity contribution in [2.24, 2.45) is 0 Å². The molecule has 4 nitrogen and oxygen atoms in total. The Bertz CT molecular complexity index is 5540. The summed E-state index contributed by atoms with van der Waals surface area (Å²) in [7, 11) is 0. The lowest BCUT2D eigenvalue weighted by molar-refractivity contribution is 0.590. The van der Waals surface area contributed by atoms with Gasteiger partial charge in [-0.2, -0.15) is 0 Å². The number of rotatable bonds is 10. The number of para-hydroxylation sites is 6. The van der Waals surface area contributed by atoms with Crippen LogP contribution >= 0.6 is 0 Å². The van der Waals surface area contributed by atoms with Crippen molar-refractivity contribution >= 4 is 101 Å². The van der Waals surface area contributed by atoms with Crippen LogP contribution in [0.1, 0.15) is 26.3 Å². The van der Waals surface area contributed by atoms with Crippen molar-refractivity contribution in [1.82, 2.24) is 9.13 Å². The van der Waals surface area contributed by atoms with Gasteiger partial charge >= 0.3 is 0 Å². The number of hydrogen-bond donors (Lipinski definition) is 0. The largest absolute Gasteiger partial charge is 0.310 e. The number of nitrogens with zero attached hydrogens (tertiary/aromatic N) is 4. The molecule has 0 saturated carbocycles. The predicted molar refractivity (Wildman–Crippen MR) is 420 cm³/mol. The zero-order valence-electron chi connectivity index (χ0n) is 55.4. The van der Waals surface area contributed by atoms with E-state index < -0.39 is 0 Å². The smallest absolute Gasteiger partial charge is 0.252 e. The van der Waals surface area contributed by atoms with E-state index in [0.29, 0.717) is 0 Å². The van der Waals surface area contributed by atoms with Gasteiger partial charge in [-0.3, -0.25) is 0 Å². The van der Waals surface area contributed by atoms with Gasteiger partial charge in [0.2, 0.25) is 0 Å². The average Bonchev–Trinajstić information content (AvgIpc) is 1.32. The van der Waals surface area contributed by atoms with Gasteiger partial charge in [0.1, 0.15) is 0 Å². The molecule has 0 fully saturated rings. The SMILES string of the molecule is CC(C)(C)c1cc2c3c(c1)N(c1c(-c4ccccc4)cccc1-c1ccccc1)c1cc(-c4cccc5c4c4ccccc4n5-c4ccccc4)ccc1B3c1ccc(-c3cccc4c3c3ccccc3n4-c3ccccc3)cc1N2c1c(-c2ccccc2)cccc1-c1ccccc1. The Morgan fingerprint density at radius 2 is 0.566 bits per heavy atom. The first-order chi connectivity index (χ1) is 48.8. The van der Waals surface area contributed by atoms with Gasteiger partial charge < -0.3 is 18.9 Å². The maximum absolute atomic E-state index is 2.70. The van der Waals surface area contributed by atoms with Gasteiger partial charge in [-0.1, -0.05) is 300 Å². The topological polar surface area (TPSA) is 16.3 Å². The maximum atomic E-state index is 2.70. The number of anilines is 6. The minimum Gasteiger partial charge on any atom is -0.310 e. The molecule has 0 spiro atoms. The van der Waals surface area contributed by atoms with E-state index in [9.17, 15) is 0 Å². The second kappa shape index (κ2) is 23.2. The summed E-state index contributed by atoms with van der Waals surface area (Å²) in [6.45, 7) is 6.94. The summed E-state index contributed by atoms with van der Waals surface area (Å²) in [4.78, 5) is 5.40. The molecule has 19 rings (SSSR count). The van der Waals surface area contributed by atoms with Crippen molar-refractivity contribution in [3.63, 3.8) is 0 Å². The van der Waals surface area contributed by atoms with Crippen molar-refractivity contribution in [2.75, 3.05) is 9.80 Å². The fraction of sp³-hybridized carbons (Fsp3) is 0.0426. The van der Waals surface area contributed by atoms with Gasteiger partial charge in [0, 0.05) is 77.9 Å². The van der Waals surface area contributed by atoms with Crippen LogP contribution in [-0.2, 0) is 5.41 Å². The Morgan fingerprint density at radius 3 is 0.929 bits per heavy atom. The highest BCUT2D eigenvalue weighted by Crippen LogP contribution is 2.55. The van der Waals surface area contributed by atoms with Crippen LogP contribution in [-0.4, -0.2) is 15.8 Å². The molecule has 0 radical (unpaired) electrons. The third kappa shape index (κ3) is 9.29. The zero-order valence-corrected chi connectivity index (χ0v) is 55.4. The fourth-order valence-corrected chi connectivity index (χ4v) is 16.4. The molecule has 0 N–H and O–H groups in total. The molecule has 0 bridgehead atoms. The lowest BCUT2D eigenvalue weighted by Crippen LogP contribution is -2.61. The lowest BCUT2D eigenvalue weighted by Gasteiger charge is -2.46. The van der Waals surface area contributed by atoms with E-state index in [-0.39, 0.29) is 12.1 Å². The van der Waals surface area contributed by atoms with E-state index in [1.807, 2.05) is 0 Å². The molecule has 4 heterocycles.